The Balaban J connectivity index is 2.21. The zero-order valence-electron chi connectivity index (χ0n) is 14.0. The summed E-state index contributed by atoms with van der Waals surface area (Å²) in [6.45, 7) is 6.98. The monoisotopic (exact) mass is 323 g/mol. The average Bonchev–Trinajstić information content (AvgIpc) is 2.97. The maximum atomic E-state index is 11.2. The molecule has 0 spiro atoms. The standard InChI is InChI=1S/C19H21N3O2/c1-3-21(4-2)13-18-19(14-8-6-5-7-9-14)16-12-15(22(23)24)10-11-17(16)20-18/h5-12,20H,3-4,13H2,1-2H3. The maximum absolute atomic E-state index is 11.2. The molecule has 0 saturated carbocycles. The summed E-state index contributed by atoms with van der Waals surface area (Å²) in [6.07, 6.45) is 0. The highest BCUT2D eigenvalue weighted by molar-refractivity contribution is 5.98. The predicted octanol–water partition coefficient (Wildman–Crippen LogP) is 4.58. The largest absolute Gasteiger partial charge is 0.357 e. The van der Waals surface area contributed by atoms with Gasteiger partial charge in [-0.3, -0.25) is 15.0 Å². The molecule has 0 atom stereocenters. The van der Waals surface area contributed by atoms with Crippen molar-refractivity contribution in [2.24, 2.45) is 0 Å². The third kappa shape index (κ3) is 3.03. The highest BCUT2D eigenvalue weighted by Crippen LogP contribution is 2.35. The molecule has 0 aliphatic carbocycles. The first-order valence-electron chi connectivity index (χ1n) is 8.20. The molecule has 3 rings (SSSR count). The lowest BCUT2D eigenvalue weighted by molar-refractivity contribution is -0.384. The topological polar surface area (TPSA) is 62.2 Å². The number of non-ortho nitro benzene ring substituents is 1. The van der Waals surface area contributed by atoms with Gasteiger partial charge in [0.25, 0.3) is 5.69 Å². The van der Waals surface area contributed by atoms with Gasteiger partial charge in [0.05, 0.1) is 4.92 Å². The van der Waals surface area contributed by atoms with Crippen molar-refractivity contribution in [2.75, 3.05) is 13.1 Å². The smallest absolute Gasteiger partial charge is 0.270 e. The number of nitro benzene ring substituents is 1. The van der Waals surface area contributed by atoms with Crippen LogP contribution in [0.25, 0.3) is 22.0 Å². The van der Waals surface area contributed by atoms with Crippen LogP contribution in [0.15, 0.2) is 48.5 Å². The second kappa shape index (κ2) is 6.84. The Kier molecular flexibility index (Phi) is 4.62. The molecule has 0 amide bonds. The van der Waals surface area contributed by atoms with E-state index in [2.05, 4.69) is 23.7 Å². The second-order valence-electron chi connectivity index (χ2n) is 5.79. The average molecular weight is 323 g/mol. The SMILES string of the molecule is CCN(CC)Cc1[nH]c2ccc([N+](=O)[O-])cc2c1-c1ccccc1. The van der Waals surface area contributed by atoms with E-state index in [9.17, 15) is 10.1 Å². The maximum Gasteiger partial charge on any atom is 0.270 e. The summed E-state index contributed by atoms with van der Waals surface area (Å²) in [7, 11) is 0. The van der Waals surface area contributed by atoms with Crippen molar-refractivity contribution in [1.82, 2.24) is 9.88 Å². The van der Waals surface area contributed by atoms with E-state index in [0.29, 0.717) is 0 Å². The molecule has 0 unspecified atom stereocenters. The van der Waals surface area contributed by atoms with Crippen molar-refractivity contribution < 1.29 is 4.92 Å². The summed E-state index contributed by atoms with van der Waals surface area (Å²) in [5.74, 6) is 0. The number of benzene rings is 2. The van der Waals surface area contributed by atoms with Gasteiger partial charge in [0.1, 0.15) is 0 Å². The van der Waals surface area contributed by atoms with E-state index in [4.69, 9.17) is 0 Å². The van der Waals surface area contributed by atoms with E-state index in [0.717, 1.165) is 47.4 Å². The van der Waals surface area contributed by atoms with Crippen molar-refractivity contribution in [3.63, 3.8) is 0 Å². The lowest BCUT2D eigenvalue weighted by Crippen LogP contribution is -2.22. The molecule has 0 saturated heterocycles. The van der Waals surface area contributed by atoms with E-state index in [1.807, 2.05) is 30.3 Å². The highest BCUT2D eigenvalue weighted by Gasteiger charge is 2.17. The Morgan fingerprint density at radius 3 is 2.42 bits per heavy atom. The molecule has 1 heterocycles. The Labute approximate surface area is 141 Å². The number of aromatic amines is 1. The minimum absolute atomic E-state index is 0.119. The molecule has 0 radical (unpaired) electrons. The number of nitrogens with zero attached hydrogens (tertiary/aromatic N) is 2. The van der Waals surface area contributed by atoms with Gasteiger partial charge < -0.3 is 4.98 Å². The van der Waals surface area contributed by atoms with Gasteiger partial charge in [0.2, 0.25) is 0 Å². The number of hydrogen-bond donors (Lipinski definition) is 1. The van der Waals surface area contributed by atoms with Gasteiger partial charge in [0.15, 0.2) is 0 Å². The minimum Gasteiger partial charge on any atom is -0.357 e. The summed E-state index contributed by atoms with van der Waals surface area (Å²) < 4.78 is 0. The Hall–Kier alpha value is -2.66. The first-order chi connectivity index (χ1) is 11.6. The summed E-state index contributed by atoms with van der Waals surface area (Å²) in [5.41, 5.74) is 4.28. The molecule has 1 N–H and O–H groups in total. The van der Waals surface area contributed by atoms with E-state index < -0.39 is 0 Å². The molecule has 0 bridgehead atoms. The fraction of sp³-hybridized carbons (Fsp3) is 0.263. The molecule has 5 nitrogen and oxygen atoms in total. The normalized spacial score (nSPS) is 11.3. The van der Waals surface area contributed by atoms with Crippen molar-refractivity contribution in [3.8, 4) is 11.1 Å². The fourth-order valence-corrected chi connectivity index (χ4v) is 3.07. The lowest BCUT2D eigenvalue weighted by atomic mass is 10.0. The number of hydrogen-bond acceptors (Lipinski definition) is 3. The molecule has 0 fully saturated rings. The molecular weight excluding hydrogens is 302 g/mol. The number of aromatic nitrogens is 1. The van der Waals surface area contributed by atoms with Crippen LogP contribution in [0.4, 0.5) is 5.69 Å². The van der Waals surface area contributed by atoms with E-state index in [-0.39, 0.29) is 10.6 Å². The van der Waals surface area contributed by atoms with Crippen LogP contribution in [0, 0.1) is 10.1 Å². The predicted molar refractivity (Wildman–Crippen MR) is 97.0 cm³/mol. The van der Waals surface area contributed by atoms with E-state index in [1.54, 1.807) is 18.2 Å². The fourth-order valence-electron chi connectivity index (χ4n) is 3.07. The Morgan fingerprint density at radius 2 is 1.79 bits per heavy atom. The van der Waals surface area contributed by atoms with Crippen LogP contribution in [0.2, 0.25) is 0 Å². The number of fused-ring (bicyclic) bond motifs is 1. The molecule has 24 heavy (non-hydrogen) atoms. The number of nitro groups is 1. The summed E-state index contributed by atoms with van der Waals surface area (Å²) in [4.78, 5) is 16.6. The summed E-state index contributed by atoms with van der Waals surface area (Å²) >= 11 is 0. The first-order valence-corrected chi connectivity index (χ1v) is 8.20. The van der Waals surface area contributed by atoms with Gasteiger partial charge >= 0.3 is 0 Å². The zero-order chi connectivity index (χ0) is 17.1. The molecular formula is C19H21N3O2. The molecule has 1 aromatic heterocycles. The van der Waals surface area contributed by atoms with Crippen molar-refractivity contribution in [1.29, 1.82) is 0 Å². The molecule has 5 heteroatoms. The molecule has 2 aromatic carbocycles. The Morgan fingerprint density at radius 1 is 1.08 bits per heavy atom. The molecule has 3 aromatic rings. The van der Waals surface area contributed by atoms with Crippen LogP contribution >= 0.6 is 0 Å². The van der Waals surface area contributed by atoms with Crippen LogP contribution in [-0.2, 0) is 6.54 Å². The van der Waals surface area contributed by atoms with Gasteiger partial charge in [-0.05, 0) is 24.7 Å². The number of rotatable bonds is 6. The van der Waals surface area contributed by atoms with Crippen molar-refractivity contribution in [3.05, 3.63) is 64.3 Å². The first kappa shape index (κ1) is 16.2. The number of H-pyrrole nitrogens is 1. The van der Waals surface area contributed by atoms with Crippen LogP contribution < -0.4 is 0 Å². The van der Waals surface area contributed by atoms with Gasteiger partial charge in [-0.15, -0.1) is 0 Å². The van der Waals surface area contributed by atoms with E-state index in [1.165, 1.54) is 0 Å². The van der Waals surface area contributed by atoms with Crippen LogP contribution in [0.5, 0.6) is 0 Å². The zero-order valence-corrected chi connectivity index (χ0v) is 14.0. The van der Waals surface area contributed by atoms with Crippen LogP contribution in [0.3, 0.4) is 0 Å². The summed E-state index contributed by atoms with van der Waals surface area (Å²) in [6, 6.07) is 15.1. The van der Waals surface area contributed by atoms with Crippen molar-refractivity contribution >= 4 is 16.6 Å². The van der Waals surface area contributed by atoms with Gasteiger partial charge in [-0.1, -0.05) is 44.2 Å². The third-order valence-corrected chi connectivity index (χ3v) is 4.41. The van der Waals surface area contributed by atoms with Crippen LogP contribution in [0.1, 0.15) is 19.5 Å². The molecule has 0 aliphatic rings. The van der Waals surface area contributed by atoms with Gasteiger partial charge in [-0.25, -0.2) is 0 Å². The molecule has 0 aliphatic heterocycles. The quantitative estimate of drug-likeness (QED) is 0.533. The third-order valence-electron chi connectivity index (χ3n) is 4.41. The minimum atomic E-state index is -0.342. The second-order valence-corrected chi connectivity index (χ2v) is 5.79. The molecule has 124 valence electrons. The Bertz CT molecular complexity index is 852. The van der Waals surface area contributed by atoms with Crippen LogP contribution in [-0.4, -0.2) is 27.9 Å². The summed E-state index contributed by atoms with van der Waals surface area (Å²) in [5, 5.41) is 12.1. The van der Waals surface area contributed by atoms with Crippen molar-refractivity contribution in [2.45, 2.75) is 20.4 Å². The van der Waals surface area contributed by atoms with E-state index >= 15 is 0 Å². The number of nitrogens with one attached hydrogen (secondary N) is 1. The van der Waals surface area contributed by atoms with Gasteiger partial charge in [-0.2, -0.15) is 0 Å². The van der Waals surface area contributed by atoms with Gasteiger partial charge in [0, 0.05) is 40.8 Å². The lowest BCUT2D eigenvalue weighted by Gasteiger charge is -2.18. The highest BCUT2D eigenvalue weighted by atomic mass is 16.6.